The second-order valence-electron chi connectivity index (χ2n) is 4.65. The largest absolute Gasteiger partial charge is 0.453 e. The fourth-order valence-electron chi connectivity index (χ4n) is 2.15. The summed E-state index contributed by atoms with van der Waals surface area (Å²) in [5.41, 5.74) is 1.03. The van der Waals surface area contributed by atoms with Crippen LogP contribution in [0.3, 0.4) is 0 Å². The van der Waals surface area contributed by atoms with Crippen molar-refractivity contribution in [3.8, 4) is 0 Å². The van der Waals surface area contributed by atoms with Gasteiger partial charge in [0.2, 0.25) is 0 Å². The number of hydrogen-bond donors (Lipinski definition) is 1. The van der Waals surface area contributed by atoms with Crippen molar-refractivity contribution in [1.82, 2.24) is 14.9 Å². The number of aryl methyl sites for hydroxylation is 2. The zero-order chi connectivity index (χ0) is 13.7. The minimum Gasteiger partial charge on any atom is -0.453 e. The quantitative estimate of drug-likeness (QED) is 0.846. The van der Waals surface area contributed by atoms with Crippen LogP contribution in [0.2, 0.25) is 5.22 Å². The highest BCUT2D eigenvalue weighted by Gasteiger charge is 2.17. The number of imidazole rings is 1. The van der Waals surface area contributed by atoms with Crippen LogP contribution in [0.4, 0.5) is 0 Å². The highest BCUT2D eigenvalue weighted by atomic mass is 35.5. The number of hydrogen-bond acceptors (Lipinski definition) is 3. The van der Waals surface area contributed by atoms with Crippen molar-refractivity contribution in [3.05, 3.63) is 41.3 Å². The third-order valence-corrected chi connectivity index (χ3v) is 3.55. The summed E-state index contributed by atoms with van der Waals surface area (Å²) in [6.07, 6.45) is 8.38. The molecule has 0 bridgehead atoms. The number of halogens is 1. The molecule has 5 heteroatoms. The van der Waals surface area contributed by atoms with Gasteiger partial charge < -0.3 is 14.3 Å². The Bertz CT molecular complexity index is 506. The predicted molar refractivity (Wildman–Crippen MR) is 76.3 cm³/mol. The first-order valence-electron chi connectivity index (χ1n) is 6.64. The van der Waals surface area contributed by atoms with Gasteiger partial charge in [0.15, 0.2) is 5.22 Å². The Hall–Kier alpha value is -1.26. The lowest BCUT2D eigenvalue weighted by Crippen LogP contribution is -2.23. The molecule has 0 radical (unpaired) electrons. The van der Waals surface area contributed by atoms with E-state index in [0.717, 1.165) is 37.2 Å². The molecule has 2 aromatic rings. The molecule has 0 aromatic carbocycles. The molecule has 1 unspecified atom stereocenters. The molecule has 1 N–H and O–H groups in total. The van der Waals surface area contributed by atoms with Gasteiger partial charge in [-0.15, -0.1) is 0 Å². The van der Waals surface area contributed by atoms with Gasteiger partial charge in [-0.25, -0.2) is 4.98 Å². The lowest BCUT2D eigenvalue weighted by molar-refractivity contribution is 0.482. The van der Waals surface area contributed by atoms with Crippen LogP contribution in [0, 0.1) is 0 Å². The van der Waals surface area contributed by atoms with Crippen molar-refractivity contribution in [3.63, 3.8) is 0 Å². The average molecular weight is 282 g/mol. The molecule has 104 valence electrons. The first-order valence-corrected chi connectivity index (χ1v) is 7.02. The van der Waals surface area contributed by atoms with Crippen LogP contribution in [-0.4, -0.2) is 16.1 Å². The van der Waals surface area contributed by atoms with Crippen LogP contribution in [0.25, 0.3) is 0 Å². The van der Waals surface area contributed by atoms with Gasteiger partial charge in [-0.05, 0) is 37.1 Å². The van der Waals surface area contributed by atoms with Crippen LogP contribution in [0.15, 0.2) is 29.1 Å². The molecular weight excluding hydrogens is 262 g/mol. The summed E-state index contributed by atoms with van der Waals surface area (Å²) in [6.45, 7) is 3.12. The van der Waals surface area contributed by atoms with Gasteiger partial charge >= 0.3 is 0 Å². The topological polar surface area (TPSA) is 43.0 Å². The molecule has 4 nitrogen and oxygen atoms in total. The summed E-state index contributed by atoms with van der Waals surface area (Å²) in [4.78, 5) is 4.35. The third-order valence-electron chi connectivity index (χ3n) is 3.24. The Labute approximate surface area is 118 Å². The van der Waals surface area contributed by atoms with E-state index in [1.165, 1.54) is 0 Å². The minimum absolute atomic E-state index is 0.211. The van der Waals surface area contributed by atoms with E-state index in [2.05, 4.69) is 17.2 Å². The molecule has 2 rings (SSSR count). The lowest BCUT2D eigenvalue weighted by atomic mass is 10.0. The fourth-order valence-corrected chi connectivity index (χ4v) is 2.40. The van der Waals surface area contributed by atoms with E-state index >= 15 is 0 Å². The minimum atomic E-state index is 0.211. The molecule has 0 fully saturated rings. The van der Waals surface area contributed by atoms with Gasteiger partial charge in [-0.1, -0.05) is 6.92 Å². The number of nitrogens with one attached hydrogen (secondary N) is 1. The van der Waals surface area contributed by atoms with Crippen LogP contribution in [0.5, 0.6) is 0 Å². The smallest absolute Gasteiger partial charge is 0.197 e. The first kappa shape index (κ1) is 14.2. The Balaban J connectivity index is 2.02. The van der Waals surface area contributed by atoms with Gasteiger partial charge in [-0.2, -0.15) is 0 Å². The molecule has 0 aliphatic heterocycles. The molecule has 0 saturated heterocycles. The Morgan fingerprint density at radius 2 is 2.37 bits per heavy atom. The van der Waals surface area contributed by atoms with Crippen molar-refractivity contribution < 1.29 is 4.42 Å². The van der Waals surface area contributed by atoms with Crippen molar-refractivity contribution >= 4 is 11.6 Å². The SMILES string of the molecule is CCCNC(CCc1nccn1C)c1ccoc1Cl. The molecule has 0 amide bonds. The van der Waals surface area contributed by atoms with E-state index < -0.39 is 0 Å². The van der Waals surface area contributed by atoms with Gasteiger partial charge in [0, 0.05) is 37.5 Å². The van der Waals surface area contributed by atoms with Crippen LogP contribution in [0.1, 0.15) is 37.2 Å². The fraction of sp³-hybridized carbons (Fsp3) is 0.500. The molecule has 0 saturated carbocycles. The van der Waals surface area contributed by atoms with Crippen molar-refractivity contribution in [1.29, 1.82) is 0 Å². The monoisotopic (exact) mass is 281 g/mol. The summed E-state index contributed by atoms with van der Waals surface area (Å²) in [6, 6.07) is 2.15. The molecule has 1 atom stereocenters. The molecule has 19 heavy (non-hydrogen) atoms. The highest BCUT2D eigenvalue weighted by Crippen LogP contribution is 2.27. The average Bonchev–Trinajstić information content (AvgIpc) is 2.99. The number of furan rings is 1. The standard InChI is InChI=1S/C14H20ClN3O/c1-3-7-16-12(11-6-10-19-14(11)15)4-5-13-17-8-9-18(13)2/h6,8-10,12,16H,3-5,7H2,1-2H3. The Morgan fingerprint density at radius 3 is 2.95 bits per heavy atom. The van der Waals surface area contributed by atoms with Crippen LogP contribution >= 0.6 is 11.6 Å². The zero-order valence-electron chi connectivity index (χ0n) is 11.4. The maximum absolute atomic E-state index is 6.08. The van der Waals surface area contributed by atoms with Gasteiger partial charge in [-0.3, -0.25) is 0 Å². The van der Waals surface area contributed by atoms with E-state index in [1.54, 1.807) is 6.26 Å². The molecule has 0 aliphatic carbocycles. The number of nitrogens with zero attached hydrogens (tertiary/aromatic N) is 2. The lowest BCUT2D eigenvalue weighted by Gasteiger charge is -2.17. The van der Waals surface area contributed by atoms with Crippen molar-refractivity contribution in [2.75, 3.05) is 6.54 Å². The van der Waals surface area contributed by atoms with E-state index in [4.69, 9.17) is 16.0 Å². The predicted octanol–water partition coefficient (Wildman–Crippen LogP) is 3.34. The molecule has 0 spiro atoms. The Morgan fingerprint density at radius 1 is 1.53 bits per heavy atom. The molecule has 2 aromatic heterocycles. The summed E-state index contributed by atoms with van der Waals surface area (Å²) in [5.74, 6) is 1.09. The normalized spacial score (nSPS) is 12.8. The van der Waals surface area contributed by atoms with Gasteiger partial charge in [0.25, 0.3) is 0 Å². The van der Waals surface area contributed by atoms with E-state index in [9.17, 15) is 0 Å². The Kier molecular flexibility index (Phi) is 5.05. The maximum Gasteiger partial charge on any atom is 0.197 e. The van der Waals surface area contributed by atoms with Crippen molar-refractivity contribution in [2.24, 2.45) is 7.05 Å². The molecule has 2 heterocycles. The summed E-state index contributed by atoms with van der Waals surface area (Å²) in [5, 5.41) is 3.99. The first-order chi connectivity index (χ1) is 9.22. The zero-order valence-corrected chi connectivity index (χ0v) is 12.2. The third kappa shape index (κ3) is 3.61. The van der Waals surface area contributed by atoms with E-state index in [1.807, 2.05) is 30.1 Å². The molecular formula is C14H20ClN3O. The van der Waals surface area contributed by atoms with E-state index in [-0.39, 0.29) is 6.04 Å². The van der Waals surface area contributed by atoms with Gasteiger partial charge in [0.05, 0.1) is 6.26 Å². The van der Waals surface area contributed by atoms with Crippen molar-refractivity contribution in [2.45, 2.75) is 32.2 Å². The maximum atomic E-state index is 6.08. The summed E-state index contributed by atoms with van der Waals surface area (Å²) >= 11 is 6.08. The van der Waals surface area contributed by atoms with E-state index in [0.29, 0.717) is 5.22 Å². The van der Waals surface area contributed by atoms with Gasteiger partial charge in [0.1, 0.15) is 5.82 Å². The number of rotatable bonds is 7. The highest BCUT2D eigenvalue weighted by molar-refractivity contribution is 6.29. The van der Waals surface area contributed by atoms with Crippen LogP contribution < -0.4 is 5.32 Å². The summed E-state index contributed by atoms with van der Waals surface area (Å²) < 4.78 is 7.24. The summed E-state index contributed by atoms with van der Waals surface area (Å²) in [7, 11) is 2.02. The second-order valence-corrected chi connectivity index (χ2v) is 4.99. The number of aromatic nitrogens is 2. The second kappa shape index (κ2) is 6.78. The molecule has 0 aliphatic rings. The van der Waals surface area contributed by atoms with Crippen LogP contribution in [-0.2, 0) is 13.5 Å².